The van der Waals surface area contributed by atoms with Gasteiger partial charge in [0, 0.05) is 0 Å². The predicted octanol–water partition coefficient (Wildman–Crippen LogP) is 0.815. The van der Waals surface area contributed by atoms with Crippen LogP contribution in [0.1, 0.15) is 19.7 Å². The van der Waals surface area contributed by atoms with Crippen LogP contribution in [0.15, 0.2) is 10.9 Å². The van der Waals surface area contributed by atoms with Gasteiger partial charge >= 0.3 is 0 Å². The zero-order valence-electron chi connectivity index (χ0n) is 6.87. The molecule has 0 spiro atoms. The summed E-state index contributed by atoms with van der Waals surface area (Å²) in [6.07, 6.45) is 1.34. The molecule has 4 nitrogen and oxygen atoms in total. The van der Waals surface area contributed by atoms with Crippen molar-refractivity contribution in [1.82, 2.24) is 15.5 Å². The molecule has 0 bridgehead atoms. The van der Waals surface area contributed by atoms with Gasteiger partial charge in [-0.1, -0.05) is 19.0 Å². The number of nitrogens with one attached hydrogen (secondary N) is 1. The Morgan fingerprint density at radius 2 is 2.45 bits per heavy atom. The fourth-order valence-electron chi connectivity index (χ4n) is 0.743. The maximum absolute atomic E-state index is 4.57. The summed E-state index contributed by atoms with van der Waals surface area (Å²) in [5, 5.41) is 6.87. The number of hydrogen-bond acceptors (Lipinski definition) is 4. The van der Waals surface area contributed by atoms with Gasteiger partial charge in [0.2, 0.25) is 6.39 Å². The van der Waals surface area contributed by atoms with Crippen molar-refractivity contribution in [2.45, 2.75) is 20.4 Å². The highest BCUT2D eigenvalue weighted by Gasteiger charge is 1.97. The van der Waals surface area contributed by atoms with E-state index < -0.39 is 0 Å². The van der Waals surface area contributed by atoms with E-state index >= 15 is 0 Å². The molecule has 0 saturated carbocycles. The largest absolute Gasteiger partial charge is 0.343 e. The van der Waals surface area contributed by atoms with E-state index in [1.807, 2.05) is 0 Å². The summed E-state index contributed by atoms with van der Waals surface area (Å²) in [4.78, 5) is 3.87. The smallest absolute Gasteiger partial charge is 0.213 e. The molecule has 0 aliphatic carbocycles. The first-order valence-electron chi connectivity index (χ1n) is 3.75. The van der Waals surface area contributed by atoms with Crippen molar-refractivity contribution in [2.75, 3.05) is 6.54 Å². The molecule has 0 radical (unpaired) electrons. The summed E-state index contributed by atoms with van der Waals surface area (Å²) in [6, 6.07) is 0. The number of hydrogen-bond donors (Lipinski definition) is 1. The van der Waals surface area contributed by atoms with Gasteiger partial charge in [-0.25, -0.2) is 0 Å². The number of nitrogens with zero attached hydrogens (tertiary/aromatic N) is 2. The molecule has 0 aliphatic heterocycles. The molecule has 1 aromatic heterocycles. The molecule has 0 aliphatic rings. The van der Waals surface area contributed by atoms with E-state index in [1.165, 1.54) is 6.39 Å². The Hall–Kier alpha value is -0.900. The van der Waals surface area contributed by atoms with E-state index in [4.69, 9.17) is 0 Å². The van der Waals surface area contributed by atoms with Gasteiger partial charge in [-0.2, -0.15) is 4.98 Å². The predicted molar refractivity (Wildman–Crippen MR) is 40.8 cm³/mol. The van der Waals surface area contributed by atoms with Crippen molar-refractivity contribution >= 4 is 0 Å². The molecule has 0 aromatic carbocycles. The quantitative estimate of drug-likeness (QED) is 0.699. The van der Waals surface area contributed by atoms with Crippen LogP contribution < -0.4 is 5.32 Å². The zero-order chi connectivity index (χ0) is 8.10. The Morgan fingerprint density at radius 1 is 1.64 bits per heavy atom. The highest BCUT2D eigenvalue weighted by molar-refractivity contribution is 4.75. The second kappa shape index (κ2) is 4.08. The molecule has 0 unspecified atom stereocenters. The molecule has 0 amide bonds. The minimum atomic E-state index is 0.655. The van der Waals surface area contributed by atoms with Gasteiger partial charge in [0.15, 0.2) is 5.82 Å². The van der Waals surface area contributed by atoms with E-state index in [2.05, 4.69) is 33.8 Å². The van der Waals surface area contributed by atoms with Crippen LogP contribution in [0, 0.1) is 5.92 Å². The second-order valence-electron chi connectivity index (χ2n) is 2.87. The Labute approximate surface area is 66.0 Å². The lowest BCUT2D eigenvalue weighted by atomic mass is 10.2. The highest BCUT2D eigenvalue weighted by atomic mass is 16.5. The van der Waals surface area contributed by atoms with Crippen LogP contribution in [-0.2, 0) is 6.54 Å². The van der Waals surface area contributed by atoms with Crippen molar-refractivity contribution in [2.24, 2.45) is 5.92 Å². The van der Waals surface area contributed by atoms with E-state index in [-0.39, 0.29) is 0 Å². The van der Waals surface area contributed by atoms with Gasteiger partial charge in [-0.05, 0) is 12.5 Å². The van der Waals surface area contributed by atoms with E-state index in [1.54, 1.807) is 0 Å². The molecule has 11 heavy (non-hydrogen) atoms. The molecule has 62 valence electrons. The van der Waals surface area contributed by atoms with Gasteiger partial charge in [0.1, 0.15) is 0 Å². The minimum absolute atomic E-state index is 0.655. The summed E-state index contributed by atoms with van der Waals surface area (Å²) in [7, 11) is 0. The lowest BCUT2D eigenvalue weighted by Crippen LogP contribution is -2.19. The highest BCUT2D eigenvalue weighted by Crippen LogP contribution is 1.90. The molecule has 1 N–H and O–H groups in total. The van der Waals surface area contributed by atoms with Gasteiger partial charge in [0.05, 0.1) is 6.54 Å². The first kappa shape index (κ1) is 8.20. The van der Waals surface area contributed by atoms with Crippen molar-refractivity contribution in [3.05, 3.63) is 12.2 Å². The summed E-state index contributed by atoms with van der Waals surface area (Å²) in [5.41, 5.74) is 0. The molecule has 0 fully saturated rings. The fourth-order valence-corrected chi connectivity index (χ4v) is 0.743. The van der Waals surface area contributed by atoms with Crippen molar-refractivity contribution in [3.8, 4) is 0 Å². The van der Waals surface area contributed by atoms with Crippen LogP contribution in [0.25, 0.3) is 0 Å². The molecule has 0 atom stereocenters. The van der Waals surface area contributed by atoms with Crippen LogP contribution in [0.4, 0.5) is 0 Å². The topological polar surface area (TPSA) is 51.0 Å². The summed E-state index contributed by atoms with van der Waals surface area (Å²) < 4.78 is 4.57. The average Bonchev–Trinajstić information content (AvgIpc) is 2.39. The van der Waals surface area contributed by atoms with Crippen LogP contribution in [0.2, 0.25) is 0 Å². The summed E-state index contributed by atoms with van der Waals surface area (Å²) >= 11 is 0. The van der Waals surface area contributed by atoms with Crippen LogP contribution in [0.5, 0.6) is 0 Å². The lowest BCUT2D eigenvalue weighted by molar-refractivity contribution is 0.406. The number of aromatic nitrogens is 2. The van der Waals surface area contributed by atoms with Crippen LogP contribution >= 0.6 is 0 Å². The third kappa shape index (κ3) is 3.13. The Morgan fingerprint density at radius 3 is 3.00 bits per heavy atom. The van der Waals surface area contributed by atoms with E-state index in [0.717, 1.165) is 6.54 Å². The Bertz CT molecular complexity index is 184. The lowest BCUT2D eigenvalue weighted by Gasteiger charge is -2.03. The van der Waals surface area contributed by atoms with Gasteiger partial charge < -0.3 is 9.84 Å². The summed E-state index contributed by atoms with van der Waals surface area (Å²) in [5.74, 6) is 1.37. The molecular weight excluding hydrogens is 142 g/mol. The maximum Gasteiger partial charge on any atom is 0.213 e. The van der Waals surface area contributed by atoms with Crippen molar-refractivity contribution in [1.29, 1.82) is 0 Å². The van der Waals surface area contributed by atoms with E-state index in [0.29, 0.717) is 18.3 Å². The number of rotatable bonds is 4. The SMILES string of the molecule is CC(C)CNCc1ncon1. The standard InChI is InChI=1S/C7H13N3O/c1-6(2)3-8-4-7-9-5-11-10-7/h5-6,8H,3-4H2,1-2H3. The third-order valence-electron chi connectivity index (χ3n) is 1.24. The molecular formula is C7H13N3O. The van der Waals surface area contributed by atoms with Crippen LogP contribution in [0.3, 0.4) is 0 Å². The Balaban J connectivity index is 2.14. The Kier molecular flexibility index (Phi) is 3.04. The van der Waals surface area contributed by atoms with Gasteiger partial charge in [-0.15, -0.1) is 0 Å². The van der Waals surface area contributed by atoms with Gasteiger partial charge in [0.25, 0.3) is 0 Å². The molecule has 4 heteroatoms. The normalized spacial score (nSPS) is 10.8. The maximum atomic E-state index is 4.57. The first-order chi connectivity index (χ1) is 5.29. The van der Waals surface area contributed by atoms with Crippen LogP contribution in [-0.4, -0.2) is 16.7 Å². The first-order valence-corrected chi connectivity index (χ1v) is 3.75. The zero-order valence-corrected chi connectivity index (χ0v) is 6.87. The third-order valence-corrected chi connectivity index (χ3v) is 1.24. The minimum Gasteiger partial charge on any atom is -0.343 e. The fraction of sp³-hybridized carbons (Fsp3) is 0.714. The average molecular weight is 155 g/mol. The van der Waals surface area contributed by atoms with Crippen molar-refractivity contribution in [3.63, 3.8) is 0 Å². The molecule has 1 aromatic rings. The molecule has 1 heterocycles. The second-order valence-corrected chi connectivity index (χ2v) is 2.87. The molecule has 1 rings (SSSR count). The summed E-state index contributed by atoms with van der Waals surface area (Å²) in [6.45, 7) is 5.98. The monoisotopic (exact) mass is 155 g/mol. The molecule has 0 saturated heterocycles. The van der Waals surface area contributed by atoms with Crippen molar-refractivity contribution < 1.29 is 4.52 Å². The van der Waals surface area contributed by atoms with E-state index in [9.17, 15) is 0 Å². The van der Waals surface area contributed by atoms with Gasteiger partial charge in [-0.3, -0.25) is 0 Å².